The van der Waals surface area contributed by atoms with Crippen LogP contribution in [-0.2, 0) is 36.2 Å². The predicted octanol–water partition coefficient (Wildman–Crippen LogP) is 5.33. The summed E-state index contributed by atoms with van der Waals surface area (Å²) in [5.41, 5.74) is 4.20. The van der Waals surface area contributed by atoms with E-state index >= 15 is 0 Å². The van der Waals surface area contributed by atoms with Gasteiger partial charge in [0.1, 0.15) is 29.5 Å². The molecule has 0 aromatic heterocycles. The van der Waals surface area contributed by atoms with Crippen molar-refractivity contribution in [1.29, 1.82) is 0 Å². The van der Waals surface area contributed by atoms with Crippen molar-refractivity contribution in [2.45, 2.75) is 39.8 Å². The van der Waals surface area contributed by atoms with Gasteiger partial charge in [0.15, 0.2) is 0 Å². The summed E-state index contributed by atoms with van der Waals surface area (Å²) in [6.07, 6.45) is 2.93. The second-order valence-corrected chi connectivity index (χ2v) is 12.1. The summed E-state index contributed by atoms with van der Waals surface area (Å²) >= 11 is 0. The third kappa shape index (κ3) is 4.86. The van der Waals surface area contributed by atoms with Gasteiger partial charge in [-0.2, -0.15) is 8.42 Å². The molecular weight excluding hydrogens is 504 g/mol. The topological polar surface area (TPSA) is 88.5 Å². The average molecular weight is 537 g/mol. The lowest BCUT2D eigenvalue weighted by atomic mass is 9.90. The Balaban J connectivity index is 1.50. The molecule has 0 amide bonds. The van der Waals surface area contributed by atoms with Crippen LogP contribution < -0.4 is 18.5 Å². The average Bonchev–Trinajstić information content (AvgIpc) is 3.32. The lowest BCUT2D eigenvalue weighted by Gasteiger charge is -2.24. The van der Waals surface area contributed by atoms with Gasteiger partial charge in [-0.15, -0.1) is 0 Å². The molecule has 38 heavy (non-hydrogen) atoms. The number of ether oxygens (including phenoxy) is 3. The SMILES string of the molecule is COc1ccc(CN2C(O)=CN(c3cc4c(cc3OCc3ccccc3)CC(C)(C)C4)S2(=O)=O)c(OC)c1. The van der Waals surface area contributed by atoms with Gasteiger partial charge in [-0.1, -0.05) is 44.2 Å². The van der Waals surface area contributed by atoms with E-state index in [1.807, 2.05) is 42.5 Å². The largest absolute Gasteiger partial charge is 0.497 e. The van der Waals surface area contributed by atoms with Crippen LogP contribution in [0.2, 0.25) is 0 Å². The lowest BCUT2D eigenvalue weighted by molar-refractivity contribution is 0.281. The van der Waals surface area contributed by atoms with Crippen LogP contribution in [0.5, 0.6) is 17.2 Å². The highest BCUT2D eigenvalue weighted by molar-refractivity contribution is 7.91. The molecule has 1 aliphatic heterocycles. The second-order valence-electron chi connectivity index (χ2n) is 10.4. The maximum atomic E-state index is 13.8. The molecule has 0 atom stereocenters. The molecule has 0 unspecified atom stereocenters. The van der Waals surface area contributed by atoms with E-state index in [9.17, 15) is 13.5 Å². The number of aliphatic hydroxyl groups is 1. The Bertz CT molecular complexity index is 1480. The van der Waals surface area contributed by atoms with Crippen molar-refractivity contribution >= 4 is 15.9 Å². The van der Waals surface area contributed by atoms with Crippen molar-refractivity contribution in [2.75, 3.05) is 18.5 Å². The van der Waals surface area contributed by atoms with Crippen LogP contribution in [-0.4, -0.2) is 32.0 Å². The number of aliphatic hydroxyl groups excluding tert-OH is 1. The first-order valence-electron chi connectivity index (χ1n) is 12.4. The molecule has 0 fully saturated rings. The zero-order valence-electron chi connectivity index (χ0n) is 22.0. The van der Waals surface area contributed by atoms with Crippen molar-refractivity contribution in [3.8, 4) is 17.2 Å². The number of benzene rings is 3. The normalized spacial score (nSPS) is 17.2. The molecule has 1 heterocycles. The van der Waals surface area contributed by atoms with E-state index < -0.39 is 16.1 Å². The maximum Gasteiger partial charge on any atom is 0.333 e. The molecule has 1 aliphatic carbocycles. The molecule has 200 valence electrons. The third-order valence-electron chi connectivity index (χ3n) is 6.92. The Kier molecular flexibility index (Phi) is 6.65. The van der Waals surface area contributed by atoms with Crippen LogP contribution in [0, 0.1) is 5.41 Å². The second kappa shape index (κ2) is 9.79. The highest BCUT2D eigenvalue weighted by Crippen LogP contribution is 2.45. The molecule has 3 aromatic carbocycles. The monoisotopic (exact) mass is 536 g/mol. The Labute approximate surface area is 223 Å². The van der Waals surface area contributed by atoms with E-state index in [1.54, 1.807) is 25.3 Å². The zero-order valence-corrected chi connectivity index (χ0v) is 22.8. The van der Waals surface area contributed by atoms with Gasteiger partial charge in [0.25, 0.3) is 0 Å². The van der Waals surface area contributed by atoms with Gasteiger partial charge in [0, 0.05) is 11.6 Å². The minimum atomic E-state index is -4.16. The summed E-state index contributed by atoms with van der Waals surface area (Å²) < 4.78 is 46.5. The highest BCUT2D eigenvalue weighted by Gasteiger charge is 2.41. The fraction of sp³-hybridized carbons (Fsp3) is 0.310. The number of nitrogens with zero attached hydrogens (tertiary/aromatic N) is 2. The van der Waals surface area contributed by atoms with Crippen LogP contribution in [0.4, 0.5) is 5.69 Å². The summed E-state index contributed by atoms with van der Waals surface area (Å²) in [7, 11) is -1.12. The van der Waals surface area contributed by atoms with Crippen LogP contribution in [0.3, 0.4) is 0 Å². The Hall–Kier alpha value is -3.85. The fourth-order valence-electron chi connectivity index (χ4n) is 5.05. The molecule has 2 aliphatic rings. The van der Waals surface area contributed by atoms with E-state index in [1.165, 1.54) is 13.3 Å². The molecule has 1 N–H and O–H groups in total. The van der Waals surface area contributed by atoms with Crippen LogP contribution in [0.25, 0.3) is 0 Å². The van der Waals surface area contributed by atoms with Crippen LogP contribution >= 0.6 is 0 Å². The van der Waals surface area contributed by atoms with E-state index in [0.717, 1.165) is 38.1 Å². The standard InChI is InChI=1S/C29H32N2O6S/c1-29(2)15-22-12-25(27(13-23(22)16-29)37-19-20-8-6-5-7-9-20)30-18-28(32)31(38(30,33)34)17-21-10-11-24(35-3)14-26(21)36-4/h5-14,18,32H,15-17,19H2,1-4H3. The molecule has 0 saturated carbocycles. The minimum Gasteiger partial charge on any atom is -0.497 e. The first-order chi connectivity index (χ1) is 18.1. The molecule has 3 aromatic rings. The molecule has 0 radical (unpaired) electrons. The summed E-state index contributed by atoms with van der Waals surface area (Å²) in [4.78, 5) is 0. The molecule has 5 rings (SSSR count). The fourth-order valence-corrected chi connectivity index (χ4v) is 6.47. The number of methoxy groups -OCH3 is 2. The third-order valence-corrected chi connectivity index (χ3v) is 8.59. The summed E-state index contributed by atoms with van der Waals surface area (Å²) in [6.45, 7) is 4.55. The molecule has 8 nitrogen and oxygen atoms in total. The van der Waals surface area contributed by atoms with E-state index in [4.69, 9.17) is 14.2 Å². The van der Waals surface area contributed by atoms with Gasteiger partial charge in [-0.05, 0) is 59.2 Å². The minimum absolute atomic E-state index is 0.0659. The molecule has 0 bridgehead atoms. The quantitative estimate of drug-likeness (QED) is 0.419. The van der Waals surface area contributed by atoms with Crippen molar-refractivity contribution in [3.63, 3.8) is 0 Å². The predicted molar refractivity (Wildman–Crippen MR) is 146 cm³/mol. The number of anilines is 1. The summed E-state index contributed by atoms with van der Waals surface area (Å²) in [6, 6.07) is 18.6. The molecular formula is C29H32N2O6S. The van der Waals surface area contributed by atoms with Gasteiger partial charge in [0.2, 0.25) is 5.88 Å². The van der Waals surface area contributed by atoms with Gasteiger partial charge in [-0.3, -0.25) is 0 Å². The summed E-state index contributed by atoms with van der Waals surface area (Å²) in [5, 5.41) is 10.8. The van der Waals surface area contributed by atoms with Gasteiger partial charge < -0.3 is 19.3 Å². The van der Waals surface area contributed by atoms with Crippen molar-refractivity contribution in [1.82, 2.24) is 4.31 Å². The van der Waals surface area contributed by atoms with Gasteiger partial charge in [-0.25, -0.2) is 8.61 Å². The highest BCUT2D eigenvalue weighted by atomic mass is 32.2. The summed E-state index contributed by atoms with van der Waals surface area (Å²) in [5.74, 6) is 1.09. The number of rotatable bonds is 8. The van der Waals surface area contributed by atoms with Crippen LogP contribution in [0.1, 0.15) is 36.1 Å². The van der Waals surface area contributed by atoms with Crippen LogP contribution in [0.15, 0.2) is 72.7 Å². The Morgan fingerprint density at radius 1 is 0.921 bits per heavy atom. The van der Waals surface area contributed by atoms with Crippen molar-refractivity contribution in [3.05, 3.63) is 95.0 Å². The van der Waals surface area contributed by atoms with E-state index in [2.05, 4.69) is 13.8 Å². The van der Waals surface area contributed by atoms with Crippen molar-refractivity contribution in [2.24, 2.45) is 5.41 Å². The number of hydrogen-bond acceptors (Lipinski definition) is 6. The Morgan fingerprint density at radius 3 is 2.32 bits per heavy atom. The first-order valence-corrected chi connectivity index (χ1v) is 13.8. The number of fused-ring (bicyclic) bond motifs is 1. The zero-order chi connectivity index (χ0) is 27.1. The molecule has 9 heteroatoms. The van der Waals surface area contributed by atoms with Gasteiger partial charge >= 0.3 is 10.2 Å². The lowest BCUT2D eigenvalue weighted by Crippen LogP contribution is -2.34. The van der Waals surface area contributed by atoms with E-state index in [0.29, 0.717) is 28.5 Å². The number of hydrogen-bond donors (Lipinski definition) is 1. The smallest absolute Gasteiger partial charge is 0.333 e. The van der Waals surface area contributed by atoms with Gasteiger partial charge in [0.05, 0.1) is 27.0 Å². The molecule has 0 saturated heterocycles. The maximum absolute atomic E-state index is 13.8. The van der Waals surface area contributed by atoms with E-state index in [-0.39, 0.29) is 18.6 Å². The molecule has 0 spiro atoms. The Morgan fingerprint density at radius 2 is 1.63 bits per heavy atom. The van der Waals surface area contributed by atoms with Crippen molar-refractivity contribution < 1.29 is 27.7 Å². The first kappa shape index (κ1) is 25.8.